The Labute approximate surface area is 149 Å². The van der Waals surface area contributed by atoms with Crippen molar-refractivity contribution >= 4 is 11.8 Å². The number of aromatic nitrogens is 3. The number of H-pyrrole nitrogens is 1. The van der Waals surface area contributed by atoms with Gasteiger partial charge in [0.2, 0.25) is 0 Å². The van der Waals surface area contributed by atoms with Gasteiger partial charge in [0.05, 0.1) is 24.3 Å². The molecule has 1 unspecified atom stereocenters. The number of aromatic amines is 1. The lowest BCUT2D eigenvalue weighted by molar-refractivity contribution is 0.584. The molecule has 3 aromatic rings. The van der Waals surface area contributed by atoms with Crippen LogP contribution >= 0.6 is 0 Å². The molecule has 3 rings (SSSR count). The number of pyridine rings is 1. The SMILES string of the molecule is CCC(N=C(N)Nc1cnc[nH]1)c1ncccc1-c1cc(F)cc(F)c1. The minimum Gasteiger partial charge on any atom is -0.370 e. The summed E-state index contributed by atoms with van der Waals surface area (Å²) in [4.78, 5) is 15.6. The maximum absolute atomic E-state index is 13.6. The molecule has 0 aliphatic carbocycles. The monoisotopic (exact) mass is 356 g/mol. The quantitative estimate of drug-likeness (QED) is 0.481. The first-order chi connectivity index (χ1) is 12.6. The maximum Gasteiger partial charge on any atom is 0.194 e. The first kappa shape index (κ1) is 17.5. The second-order valence-corrected chi connectivity index (χ2v) is 5.62. The van der Waals surface area contributed by atoms with E-state index in [0.29, 0.717) is 29.1 Å². The molecular formula is C18H18F2N6. The van der Waals surface area contributed by atoms with Gasteiger partial charge in [-0.15, -0.1) is 0 Å². The van der Waals surface area contributed by atoms with Crippen molar-refractivity contribution in [2.45, 2.75) is 19.4 Å². The molecule has 0 radical (unpaired) electrons. The predicted octanol–water partition coefficient (Wildman–Crippen LogP) is 3.63. The van der Waals surface area contributed by atoms with Crippen LogP contribution in [0.5, 0.6) is 0 Å². The Kier molecular flexibility index (Phi) is 5.21. The van der Waals surface area contributed by atoms with E-state index in [9.17, 15) is 8.78 Å². The van der Waals surface area contributed by atoms with Crippen LogP contribution in [0.3, 0.4) is 0 Å². The molecule has 2 aromatic heterocycles. The third-order valence-electron chi connectivity index (χ3n) is 3.77. The summed E-state index contributed by atoms with van der Waals surface area (Å²) >= 11 is 0. The number of nitrogens with zero attached hydrogens (tertiary/aromatic N) is 3. The van der Waals surface area contributed by atoms with Crippen molar-refractivity contribution in [3.8, 4) is 11.1 Å². The van der Waals surface area contributed by atoms with Crippen LogP contribution in [0.4, 0.5) is 14.6 Å². The van der Waals surface area contributed by atoms with Crippen molar-refractivity contribution in [1.82, 2.24) is 15.0 Å². The molecule has 0 saturated heterocycles. The summed E-state index contributed by atoms with van der Waals surface area (Å²) in [5, 5.41) is 2.90. The number of hydrogen-bond donors (Lipinski definition) is 3. The Morgan fingerprint density at radius 1 is 1.31 bits per heavy atom. The molecule has 2 heterocycles. The lowest BCUT2D eigenvalue weighted by Crippen LogP contribution is -2.24. The zero-order valence-electron chi connectivity index (χ0n) is 14.1. The summed E-state index contributed by atoms with van der Waals surface area (Å²) in [6, 6.07) is 6.46. The van der Waals surface area contributed by atoms with E-state index in [1.807, 2.05) is 6.92 Å². The van der Waals surface area contributed by atoms with Gasteiger partial charge in [0.25, 0.3) is 0 Å². The van der Waals surface area contributed by atoms with Crippen molar-refractivity contribution in [1.29, 1.82) is 0 Å². The van der Waals surface area contributed by atoms with Crippen molar-refractivity contribution < 1.29 is 8.78 Å². The van der Waals surface area contributed by atoms with Gasteiger partial charge in [-0.1, -0.05) is 13.0 Å². The van der Waals surface area contributed by atoms with Crippen LogP contribution in [-0.4, -0.2) is 20.9 Å². The van der Waals surface area contributed by atoms with E-state index >= 15 is 0 Å². The number of nitrogens with one attached hydrogen (secondary N) is 2. The molecule has 0 bridgehead atoms. The van der Waals surface area contributed by atoms with Crippen LogP contribution < -0.4 is 11.1 Å². The summed E-state index contributed by atoms with van der Waals surface area (Å²) in [5.41, 5.74) is 7.56. The number of hydrogen-bond acceptors (Lipinski definition) is 3. The normalized spacial score (nSPS) is 12.8. The molecule has 0 fully saturated rings. The molecule has 4 N–H and O–H groups in total. The Hall–Kier alpha value is -3.29. The van der Waals surface area contributed by atoms with Gasteiger partial charge in [-0.25, -0.2) is 18.8 Å². The van der Waals surface area contributed by atoms with Gasteiger partial charge in [-0.3, -0.25) is 4.98 Å². The second kappa shape index (κ2) is 7.73. The smallest absolute Gasteiger partial charge is 0.194 e. The highest BCUT2D eigenvalue weighted by molar-refractivity contribution is 5.91. The van der Waals surface area contributed by atoms with Crippen molar-refractivity contribution in [2.75, 3.05) is 5.32 Å². The number of guanidine groups is 1. The molecule has 1 atom stereocenters. The van der Waals surface area contributed by atoms with Gasteiger partial charge in [-0.05, 0) is 30.2 Å². The van der Waals surface area contributed by atoms with E-state index in [1.165, 1.54) is 18.5 Å². The van der Waals surface area contributed by atoms with E-state index < -0.39 is 11.6 Å². The molecule has 134 valence electrons. The summed E-state index contributed by atoms with van der Waals surface area (Å²) < 4.78 is 27.2. The Morgan fingerprint density at radius 2 is 2.08 bits per heavy atom. The number of nitrogens with two attached hydrogens (primary N) is 1. The number of halogens is 2. The van der Waals surface area contributed by atoms with Gasteiger partial charge in [0.1, 0.15) is 17.5 Å². The highest BCUT2D eigenvalue weighted by Crippen LogP contribution is 2.31. The lowest BCUT2D eigenvalue weighted by Gasteiger charge is -2.16. The van der Waals surface area contributed by atoms with E-state index in [0.717, 1.165) is 6.07 Å². The summed E-state index contributed by atoms with van der Waals surface area (Å²) in [6.07, 6.45) is 5.31. The first-order valence-corrected chi connectivity index (χ1v) is 8.07. The van der Waals surface area contributed by atoms with E-state index in [2.05, 4.69) is 25.3 Å². The van der Waals surface area contributed by atoms with Crippen LogP contribution in [0.2, 0.25) is 0 Å². The number of benzene rings is 1. The van der Waals surface area contributed by atoms with Gasteiger partial charge < -0.3 is 16.0 Å². The summed E-state index contributed by atoms with van der Waals surface area (Å²) in [7, 11) is 0. The number of aliphatic imine (C=N–C) groups is 1. The van der Waals surface area contributed by atoms with Crippen LogP contribution in [-0.2, 0) is 0 Å². The molecule has 0 spiro atoms. The second-order valence-electron chi connectivity index (χ2n) is 5.62. The zero-order chi connectivity index (χ0) is 18.5. The number of anilines is 1. The van der Waals surface area contributed by atoms with Gasteiger partial charge >= 0.3 is 0 Å². The third-order valence-corrected chi connectivity index (χ3v) is 3.77. The number of imidazole rings is 1. The molecule has 0 saturated carbocycles. The van der Waals surface area contributed by atoms with Gasteiger partial charge in [0, 0.05) is 17.8 Å². The van der Waals surface area contributed by atoms with Gasteiger partial charge in [0.15, 0.2) is 5.96 Å². The topological polar surface area (TPSA) is 92.0 Å². The Bertz CT molecular complexity index is 888. The minimum absolute atomic E-state index is 0.183. The third kappa shape index (κ3) is 4.02. The summed E-state index contributed by atoms with van der Waals surface area (Å²) in [5.74, 6) is -0.503. The van der Waals surface area contributed by atoms with Crippen LogP contribution in [0, 0.1) is 11.6 Å². The lowest BCUT2D eigenvalue weighted by atomic mass is 9.98. The average Bonchev–Trinajstić information content (AvgIpc) is 3.12. The minimum atomic E-state index is -0.647. The highest BCUT2D eigenvalue weighted by Gasteiger charge is 2.17. The average molecular weight is 356 g/mol. The fourth-order valence-electron chi connectivity index (χ4n) is 2.64. The predicted molar refractivity (Wildman–Crippen MR) is 96.5 cm³/mol. The molecule has 0 amide bonds. The molecular weight excluding hydrogens is 338 g/mol. The van der Waals surface area contributed by atoms with Gasteiger partial charge in [-0.2, -0.15) is 0 Å². The zero-order valence-corrected chi connectivity index (χ0v) is 14.1. The fraction of sp³-hybridized carbons (Fsp3) is 0.167. The van der Waals surface area contributed by atoms with E-state index in [1.54, 1.807) is 24.5 Å². The highest BCUT2D eigenvalue weighted by atomic mass is 19.1. The van der Waals surface area contributed by atoms with Crippen LogP contribution in [0.15, 0.2) is 54.0 Å². The first-order valence-electron chi connectivity index (χ1n) is 8.07. The maximum atomic E-state index is 13.6. The molecule has 0 aliphatic rings. The molecule has 0 aliphatic heterocycles. The van der Waals surface area contributed by atoms with Crippen molar-refractivity contribution in [3.05, 3.63) is 66.4 Å². The Balaban J connectivity index is 1.96. The molecule has 8 heteroatoms. The molecule has 26 heavy (non-hydrogen) atoms. The Morgan fingerprint density at radius 3 is 2.73 bits per heavy atom. The van der Waals surface area contributed by atoms with Crippen molar-refractivity contribution in [3.63, 3.8) is 0 Å². The van der Waals surface area contributed by atoms with Crippen LogP contribution in [0.25, 0.3) is 11.1 Å². The molecule has 1 aromatic carbocycles. The van der Waals surface area contributed by atoms with E-state index in [4.69, 9.17) is 5.73 Å². The van der Waals surface area contributed by atoms with Crippen molar-refractivity contribution in [2.24, 2.45) is 10.7 Å². The van der Waals surface area contributed by atoms with Crippen LogP contribution in [0.1, 0.15) is 25.1 Å². The summed E-state index contributed by atoms with van der Waals surface area (Å²) in [6.45, 7) is 1.93. The number of rotatable bonds is 5. The van der Waals surface area contributed by atoms with E-state index in [-0.39, 0.29) is 12.0 Å². The fourth-order valence-corrected chi connectivity index (χ4v) is 2.64. The largest absolute Gasteiger partial charge is 0.370 e. The standard InChI is InChI=1S/C18H18F2N6/c1-2-15(25-18(21)26-16-9-22-10-24-16)17-14(4-3-5-23-17)11-6-12(19)8-13(20)7-11/h3-10,15H,2H2,1H3,(H,22,24)(H3,21,25,26). The molecule has 6 nitrogen and oxygen atoms in total.